The maximum absolute atomic E-state index is 12.6. The lowest BCUT2D eigenvalue weighted by molar-refractivity contribution is 0.644. The van der Waals surface area contributed by atoms with Crippen LogP contribution < -0.4 is 5.56 Å². The second-order valence-electron chi connectivity index (χ2n) is 6.38. The molecule has 6 heteroatoms. The smallest absolute Gasteiger partial charge is 0.259 e. The fraction of sp³-hybridized carbons (Fsp3) is 0.211. The van der Waals surface area contributed by atoms with Gasteiger partial charge in [-0.15, -0.1) is 0 Å². The fourth-order valence-corrected chi connectivity index (χ4v) is 3.14. The lowest BCUT2D eigenvalue weighted by Gasteiger charge is -2.15. The van der Waals surface area contributed by atoms with Crippen molar-refractivity contribution >= 4 is 10.9 Å². The molecule has 4 aromatic rings. The topological polar surface area (TPSA) is 68.5 Å². The summed E-state index contributed by atoms with van der Waals surface area (Å²) in [5, 5.41) is 5.23. The number of rotatable bonds is 3. The number of hydrogen-bond donors (Lipinski definition) is 1. The van der Waals surface area contributed by atoms with E-state index < -0.39 is 0 Å². The molecule has 0 aliphatic heterocycles. The summed E-state index contributed by atoms with van der Waals surface area (Å²) in [7, 11) is 1.89. The van der Waals surface area contributed by atoms with Crippen LogP contribution in [0.5, 0.6) is 0 Å². The van der Waals surface area contributed by atoms with Crippen molar-refractivity contribution < 1.29 is 0 Å². The van der Waals surface area contributed by atoms with Gasteiger partial charge in [0.25, 0.3) is 5.56 Å². The molecule has 4 rings (SSSR count). The first-order valence-corrected chi connectivity index (χ1v) is 8.18. The Labute approximate surface area is 144 Å². The van der Waals surface area contributed by atoms with E-state index in [0.717, 1.165) is 22.0 Å². The van der Waals surface area contributed by atoms with Gasteiger partial charge in [-0.3, -0.25) is 9.48 Å². The predicted octanol–water partition coefficient (Wildman–Crippen LogP) is 3.04. The fourth-order valence-electron chi connectivity index (χ4n) is 3.14. The van der Waals surface area contributed by atoms with Gasteiger partial charge >= 0.3 is 0 Å². The Morgan fingerprint density at radius 3 is 2.84 bits per heavy atom. The second kappa shape index (κ2) is 5.73. The van der Waals surface area contributed by atoms with Crippen LogP contribution >= 0.6 is 0 Å². The van der Waals surface area contributed by atoms with E-state index in [4.69, 9.17) is 0 Å². The van der Waals surface area contributed by atoms with Crippen molar-refractivity contribution in [3.05, 3.63) is 70.5 Å². The van der Waals surface area contributed by atoms with Gasteiger partial charge in [-0.05, 0) is 37.4 Å². The van der Waals surface area contributed by atoms with E-state index in [1.807, 2.05) is 55.3 Å². The highest BCUT2D eigenvalue weighted by atomic mass is 16.1. The average Bonchev–Trinajstić information content (AvgIpc) is 3.23. The van der Waals surface area contributed by atoms with Gasteiger partial charge in [-0.25, -0.2) is 4.98 Å². The van der Waals surface area contributed by atoms with Gasteiger partial charge in [0, 0.05) is 36.7 Å². The first-order chi connectivity index (χ1) is 12.0. The second-order valence-corrected chi connectivity index (χ2v) is 6.38. The molecule has 0 aliphatic carbocycles. The van der Waals surface area contributed by atoms with Crippen molar-refractivity contribution in [3.8, 4) is 11.4 Å². The van der Waals surface area contributed by atoms with Crippen molar-refractivity contribution in [2.24, 2.45) is 7.05 Å². The van der Waals surface area contributed by atoms with Gasteiger partial charge in [-0.1, -0.05) is 11.6 Å². The van der Waals surface area contributed by atoms with E-state index in [2.05, 4.69) is 28.1 Å². The molecule has 0 spiro atoms. The van der Waals surface area contributed by atoms with Crippen LogP contribution in [0.2, 0.25) is 0 Å². The van der Waals surface area contributed by atoms with Gasteiger partial charge in [0.2, 0.25) is 0 Å². The third-order valence-electron chi connectivity index (χ3n) is 4.53. The highest BCUT2D eigenvalue weighted by Crippen LogP contribution is 2.25. The molecule has 1 unspecified atom stereocenters. The van der Waals surface area contributed by atoms with Crippen molar-refractivity contribution in [1.29, 1.82) is 0 Å². The molecule has 3 heterocycles. The molecule has 0 amide bonds. The zero-order chi connectivity index (χ0) is 17.6. The molecule has 0 radical (unpaired) electrons. The first kappa shape index (κ1) is 15.4. The number of hydrogen-bond acceptors (Lipinski definition) is 3. The average molecular weight is 333 g/mol. The summed E-state index contributed by atoms with van der Waals surface area (Å²) >= 11 is 0. The lowest BCUT2D eigenvalue weighted by atomic mass is 10.1. The highest BCUT2D eigenvalue weighted by molar-refractivity contribution is 5.83. The Morgan fingerprint density at radius 1 is 1.24 bits per heavy atom. The molecule has 0 bridgehead atoms. The molecule has 1 atom stereocenters. The summed E-state index contributed by atoms with van der Waals surface area (Å²) in [5.41, 5.74) is 3.48. The van der Waals surface area contributed by atoms with E-state index in [9.17, 15) is 4.79 Å². The summed E-state index contributed by atoms with van der Waals surface area (Å²) in [6.45, 7) is 4.11. The molecule has 1 N–H and O–H groups in total. The minimum Gasteiger partial charge on any atom is -0.323 e. The molecular formula is C19H19N5O. The number of fused-ring (bicyclic) bond motifs is 1. The number of aromatic amines is 1. The molecule has 1 aromatic carbocycles. The summed E-state index contributed by atoms with van der Waals surface area (Å²) in [4.78, 5) is 20.0. The van der Waals surface area contributed by atoms with Crippen LogP contribution in [0, 0.1) is 6.92 Å². The molecule has 6 nitrogen and oxygen atoms in total. The van der Waals surface area contributed by atoms with Crippen LogP contribution in [0.1, 0.15) is 24.1 Å². The molecule has 3 aromatic heterocycles. The van der Waals surface area contributed by atoms with Crippen LogP contribution in [0.4, 0.5) is 0 Å². The van der Waals surface area contributed by atoms with E-state index in [0.29, 0.717) is 11.4 Å². The van der Waals surface area contributed by atoms with Gasteiger partial charge in [0.05, 0.1) is 17.8 Å². The monoisotopic (exact) mass is 333 g/mol. The summed E-state index contributed by atoms with van der Waals surface area (Å²) in [6.07, 6.45) is 7.43. The van der Waals surface area contributed by atoms with Crippen molar-refractivity contribution in [2.45, 2.75) is 19.9 Å². The van der Waals surface area contributed by atoms with Gasteiger partial charge in [-0.2, -0.15) is 5.10 Å². The van der Waals surface area contributed by atoms with Crippen LogP contribution in [0.3, 0.4) is 0 Å². The highest BCUT2D eigenvalue weighted by Gasteiger charge is 2.17. The Bertz CT molecular complexity index is 1120. The third-order valence-corrected chi connectivity index (χ3v) is 4.53. The Hall–Kier alpha value is -3.15. The van der Waals surface area contributed by atoms with Crippen LogP contribution in [0.25, 0.3) is 22.3 Å². The maximum atomic E-state index is 12.6. The van der Waals surface area contributed by atoms with E-state index in [-0.39, 0.29) is 11.6 Å². The summed E-state index contributed by atoms with van der Waals surface area (Å²) < 4.78 is 3.78. The Morgan fingerprint density at radius 2 is 2.08 bits per heavy atom. The predicted molar refractivity (Wildman–Crippen MR) is 97.5 cm³/mol. The molecule has 25 heavy (non-hydrogen) atoms. The number of imidazole rings is 1. The van der Waals surface area contributed by atoms with Crippen LogP contribution in [0.15, 0.2) is 53.8 Å². The third kappa shape index (κ3) is 2.65. The molecular weight excluding hydrogens is 314 g/mol. The van der Waals surface area contributed by atoms with Gasteiger partial charge < -0.3 is 9.55 Å². The minimum atomic E-state index is -0.137. The zero-order valence-corrected chi connectivity index (χ0v) is 14.4. The Balaban J connectivity index is 1.86. The molecule has 0 saturated carbocycles. The standard InChI is InChI=1S/C19H19N5O/c1-12-4-5-17-14(8-12)9-16(19(25)22-17)18-20-6-7-24(18)13(2)15-10-21-23(3)11-15/h4-11,13H,1-3H3,(H,22,25). The number of benzene rings is 1. The van der Waals surface area contributed by atoms with E-state index in [1.54, 1.807) is 10.9 Å². The van der Waals surface area contributed by atoms with Crippen molar-refractivity contribution in [3.63, 3.8) is 0 Å². The number of aryl methyl sites for hydroxylation is 2. The number of H-pyrrole nitrogens is 1. The Kier molecular flexibility index (Phi) is 3.53. The number of nitrogens with one attached hydrogen (secondary N) is 1. The summed E-state index contributed by atoms with van der Waals surface area (Å²) in [6, 6.07) is 7.92. The molecule has 0 saturated heterocycles. The van der Waals surface area contributed by atoms with E-state index >= 15 is 0 Å². The SMILES string of the molecule is Cc1ccc2[nH]c(=O)c(-c3nccn3C(C)c3cnn(C)c3)cc2c1. The molecule has 0 aliphatic rings. The number of pyridine rings is 1. The van der Waals surface area contributed by atoms with Gasteiger partial charge in [0.15, 0.2) is 0 Å². The quantitative estimate of drug-likeness (QED) is 0.626. The number of aromatic nitrogens is 5. The normalized spacial score (nSPS) is 12.6. The number of nitrogens with zero attached hydrogens (tertiary/aromatic N) is 4. The van der Waals surface area contributed by atoms with Crippen molar-refractivity contribution in [1.82, 2.24) is 24.3 Å². The van der Waals surface area contributed by atoms with Crippen LogP contribution in [-0.4, -0.2) is 24.3 Å². The molecule has 0 fully saturated rings. The van der Waals surface area contributed by atoms with E-state index in [1.165, 1.54) is 0 Å². The van der Waals surface area contributed by atoms with Crippen LogP contribution in [-0.2, 0) is 7.05 Å². The van der Waals surface area contributed by atoms with Gasteiger partial charge in [0.1, 0.15) is 5.82 Å². The zero-order valence-electron chi connectivity index (χ0n) is 14.4. The minimum absolute atomic E-state index is 0.0267. The first-order valence-electron chi connectivity index (χ1n) is 8.18. The molecule has 126 valence electrons. The maximum Gasteiger partial charge on any atom is 0.259 e. The van der Waals surface area contributed by atoms with Crippen molar-refractivity contribution in [2.75, 3.05) is 0 Å². The summed E-state index contributed by atoms with van der Waals surface area (Å²) in [5.74, 6) is 0.654. The largest absolute Gasteiger partial charge is 0.323 e. The lowest BCUT2D eigenvalue weighted by Crippen LogP contribution is -2.14.